The van der Waals surface area contributed by atoms with Crippen molar-refractivity contribution in [1.29, 1.82) is 0 Å². The molecule has 50 heavy (non-hydrogen) atoms. The molecule has 0 aliphatic carbocycles. The molecule has 5 aromatic carbocycles. The van der Waals surface area contributed by atoms with Crippen molar-refractivity contribution in [3.8, 4) is 22.6 Å². The number of nitrogens with one attached hydrogen (secondary N) is 2. The standard InChI is InChI=1S/C42H43N3O5/c1-2-48-38-17-10-9-16-34(38)26-27-43-45-41(47)42(30-31-12-5-3-6-13-31)39(35-20-18-33(19-21-35)32-14-7-4-8-15-32)50-40(44-42)36-22-24-37(25-23-36)49-29-11-28-46/h3-10,12-25,39,43,46H,2,11,26-30H2,1H3,(H,45,47)/t39-,42-/m0/s1. The number of carbonyl (C=O) groups excluding carboxylic acids is 1. The smallest absolute Gasteiger partial charge is 0.266 e. The Morgan fingerprint density at radius 2 is 1.46 bits per heavy atom. The zero-order valence-electron chi connectivity index (χ0n) is 28.3. The van der Waals surface area contributed by atoms with E-state index < -0.39 is 11.6 Å². The van der Waals surface area contributed by atoms with E-state index in [0.29, 0.717) is 50.7 Å². The van der Waals surface area contributed by atoms with E-state index >= 15 is 0 Å². The third kappa shape index (κ3) is 8.22. The van der Waals surface area contributed by atoms with Crippen LogP contribution in [0.4, 0.5) is 0 Å². The number of hydrogen-bond acceptors (Lipinski definition) is 7. The van der Waals surface area contributed by atoms with E-state index in [1.807, 2.05) is 116 Å². The van der Waals surface area contributed by atoms with Crippen molar-refractivity contribution in [1.82, 2.24) is 10.9 Å². The number of benzene rings is 5. The number of amides is 1. The molecule has 8 heteroatoms. The Morgan fingerprint density at radius 3 is 2.18 bits per heavy atom. The van der Waals surface area contributed by atoms with Gasteiger partial charge in [0.15, 0.2) is 11.6 Å². The second-order valence-corrected chi connectivity index (χ2v) is 12.1. The summed E-state index contributed by atoms with van der Waals surface area (Å²) >= 11 is 0. The number of ether oxygens (including phenoxy) is 3. The first-order valence-electron chi connectivity index (χ1n) is 17.1. The predicted octanol–water partition coefficient (Wildman–Crippen LogP) is 6.88. The summed E-state index contributed by atoms with van der Waals surface area (Å²) in [7, 11) is 0. The quantitative estimate of drug-likeness (QED) is 0.0783. The maximum Gasteiger partial charge on any atom is 0.266 e. The van der Waals surface area contributed by atoms with Crippen LogP contribution in [0.5, 0.6) is 11.5 Å². The van der Waals surface area contributed by atoms with Crippen LogP contribution in [0.1, 0.15) is 41.7 Å². The normalized spacial score (nSPS) is 16.7. The van der Waals surface area contributed by atoms with Gasteiger partial charge in [0.05, 0.1) is 13.2 Å². The summed E-state index contributed by atoms with van der Waals surface area (Å²) in [6.45, 7) is 3.52. The highest BCUT2D eigenvalue weighted by molar-refractivity contribution is 6.01. The van der Waals surface area contributed by atoms with Crippen molar-refractivity contribution in [2.45, 2.75) is 37.8 Å². The van der Waals surface area contributed by atoms with Crippen LogP contribution >= 0.6 is 0 Å². The van der Waals surface area contributed by atoms with E-state index in [-0.39, 0.29) is 12.5 Å². The number of nitrogens with zero attached hydrogens (tertiary/aromatic N) is 1. The molecule has 0 fully saturated rings. The van der Waals surface area contributed by atoms with Crippen LogP contribution in [0.15, 0.2) is 138 Å². The lowest BCUT2D eigenvalue weighted by molar-refractivity contribution is -0.130. The van der Waals surface area contributed by atoms with Crippen molar-refractivity contribution in [2.75, 3.05) is 26.4 Å². The topological polar surface area (TPSA) is 101 Å². The zero-order chi connectivity index (χ0) is 34.6. The summed E-state index contributed by atoms with van der Waals surface area (Å²) in [5, 5.41) is 9.12. The van der Waals surface area contributed by atoms with Gasteiger partial charge in [0.1, 0.15) is 11.5 Å². The fraction of sp³-hybridized carbons (Fsp3) is 0.238. The average Bonchev–Trinajstić information content (AvgIpc) is 3.55. The van der Waals surface area contributed by atoms with Crippen molar-refractivity contribution >= 4 is 11.8 Å². The summed E-state index contributed by atoms with van der Waals surface area (Å²) < 4.78 is 18.3. The van der Waals surface area contributed by atoms with Gasteiger partial charge < -0.3 is 19.3 Å². The van der Waals surface area contributed by atoms with E-state index in [4.69, 9.17) is 24.3 Å². The zero-order valence-corrected chi connectivity index (χ0v) is 28.3. The van der Waals surface area contributed by atoms with Crippen molar-refractivity contribution in [3.05, 3.63) is 156 Å². The van der Waals surface area contributed by atoms with Gasteiger partial charge >= 0.3 is 0 Å². The molecule has 1 aliphatic rings. The van der Waals surface area contributed by atoms with Gasteiger partial charge in [0.2, 0.25) is 5.90 Å². The first-order valence-corrected chi connectivity index (χ1v) is 17.1. The number of aliphatic hydroxyl groups excluding tert-OH is 1. The van der Waals surface area contributed by atoms with Gasteiger partial charge in [-0.05, 0) is 71.5 Å². The van der Waals surface area contributed by atoms with Crippen molar-refractivity contribution in [2.24, 2.45) is 4.99 Å². The summed E-state index contributed by atoms with van der Waals surface area (Å²) in [6.07, 6.45) is 0.797. The molecule has 0 radical (unpaired) electrons. The highest BCUT2D eigenvalue weighted by atomic mass is 16.5. The Morgan fingerprint density at radius 1 is 0.800 bits per heavy atom. The van der Waals surface area contributed by atoms with E-state index in [0.717, 1.165) is 39.1 Å². The Kier molecular flexibility index (Phi) is 11.6. The third-order valence-corrected chi connectivity index (χ3v) is 8.66. The summed E-state index contributed by atoms with van der Waals surface area (Å²) in [6, 6.07) is 43.7. The molecule has 256 valence electrons. The predicted molar refractivity (Wildman–Crippen MR) is 196 cm³/mol. The maximum atomic E-state index is 14.6. The number of hydrazine groups is 1. The van der Waals surface area contributed by atoms with Crippen LogP contribution in [-0.2, 0) is 22.4 Å². The average molecular weight is 670 g/mol. The molecule has 3 N–H and O–H groups in total. The van der Waals surface area contributed by atoms with Gasteiger partial charge in [-0.2, -0.15) is 0 Å². The van der Waals surface area contributed by atoms with Crippen LogP contribution in [-0.4, -0.2) is 48.8 Å². The van der Waals surface area contributed by atoms with E-state index in [2.05, 4.69) is 35.1 Å². The first kappa shape index (κ1) is 34.4. The van der Waals surface area contributed by atoms with Gasteiger partial charge in [-0.1, -0.05) is 103 Å². The molecule has 0 saturated heterocycles. The van der Waals surface area contributed by atoms with Gasteiger partial charge in [-0.25, -0.2) is 10.4 Å². The van der Waals surface area contributed by atoms with Crippen LogP contribution in [0, 0.1) is 0 Å². The molecule has 0 unspecified atom stereocenters. The SMILES string of the molecule is CCOc1ccccc1CCNNC(=O)[C@@]1(Cc2ccccc2)N=C(c2ccc(OCCCO)cc2)O[C@H]1c1ccc(-c2ccccc2)cc1. The molecule has 0 spiro atoms. The lowest BCUT2D eigenvalue weighted by Gasteiger charge is -2.31. The van der Waals surface area contributed by atoms with E-state index in [1.54, 1.807) is 0 Å². The number of aliphatic imine (C=N–C) groups is 1. The number of rotatable bonds is 16. The van der Waals surface area contributed by atoms with Gasteiger partial charge in [-0.3, -0.25) is 10.2 Å². The Labute approximate surface area is 293 Å². The molecule has 0 saturated carbocycles. The molecule has 2 atom stereocenters. The first-order chi connectivity index (χ1) is 24.6. The molecule has 1 amide bonds. The fourth-order valence-corrected chi connectivity index (χ4v) is 6.13. The van der Waals surface area contributed by atoms with E-state index in [9.17, 15) is 4.79 Å². The number of para-hydroxylation sites is 1. The monoisotopic (exact) mass is 669 g/mol. The van der Waals surface area contributed by atoms with Gasteiger partial charge in [-0.15, -0.1) is 0 Å². The molecule has 8 nitrogen and oxygen atoms in total. The Hall–Kier alpha value is -5.44. The molecule has 6 rings (SSSR count). The molecular formula is C42H43N3O5. The van der Waals surface area contributed by atoms with Crippen molar-refractivity contribution < 1.29 is 24.1 Å². The second kappa shape index (κ2) is 16.8. The minimum absolute atomic E-state index is 0.0669. The molecular weight excluding hydrogens is 626 g/mol. The maximum absolute atomic E-state index is 14.6. The third-order valence-electron chi connectivity index (χ3n) is 8.66. The fourth-order valence-electron chi connectivity index (χ4n) is 6.13. The Bertz CT molecular complexity index is 1850. The number of carbonyl (C=O) groups is 1. The Balaban J connectivity index is 1.32. The summed E-state index contributed by atoms with van der Waals surface area (Å²) in [4.78, 5) is 19.7. The molecule has 1 heterocycles. The minimum atomic E-state index is -1.34. The van der Waals surface area contributed by atoms with Gasteiger partial charge in [0.25, 0.3) is 5.91 Å². The van der Waals surface area contributed by atoms with Crippen LogP contribution in [0.2, 0.25) is 0 Å². The highest BCUT2D eigenvalue weighted by Crippen LogP contribution is 2.43. The van der Waals surface area contributed by atoms with Crippen LogP contribution in [0.3, 0.4) is 0 Å². The molecule has 0 aromatic heterocycles. The lowest BCUT2D eigenvalue weighted by atomic mass is 9.82. The molecule has 0 bridgehead atoms. The largest absolute Gasteiger partial charge is 0.494 e. The minimum Gasteiger partial charge on any atom is -0.494 e. The van der Waals surface area contributed by atoms with Crippen LogP contribution in [0.25, 0.3) is 11.1 Å². The lowest BCUT2D eigenvalue weighted by Crippen LogP contribution is -2.54. The summed E-state index contributed by atoms with van der Waals surface area (Å²) in [5.74, 6) is 1.60. The van der Waals surface area contributed by atoms with Crippen molar-refractivity contribution in [3.63, 3.8) is 0 Å². The van der Waals surface area contributed by atoms with Gasteiger partial charge in [0, 0.05) is 31.6 Å². The molecule has 1 aliphatic heterocycles. The summed E-state index contributed by atoms with van der Waals surface area (Å²) in [5.41, 5.74) is 10.6. The van der Waals surface area contributed by atoms with Crippen LogP contribution < -0.4 is 20.3 Å². The molecule has 5 aromatic rings. The highest BCUT2D eigenvalue weighted by Gasteiger charge is 2.53. The number of hydrogen-bond donors (Lipinski definition) is 3. The second-order valence-electron chi connectivity index (χ2n) is 12.1. The van der Waals surface area contributed by atoms with E-state index in [1.165, 1.54) is 0 Å². The number of aliphatic hydroxyl groups is 1.